The summed E-state index contributed by atoms with van der Waals surface area (Å²) in [5, 5.41) is 0. The lowest BCUT2D eigenvalue weighted by Gasteiger charge is -2.24. The first-order valence-corrected chi connectivity index (χ1v) is 7.07. The summed E-state index contributed by atoms with van der Waals surface area (Å²) in [5.41, 5.74) is 2.25. The van der Waals surface area contributed by atoms with Crippen LogP contribution >= 0.6 is 15.9 Å². The van der Waals surface area contributed by atoms with Gasteiger partial charge < -0.3 is 0 Å². The molecule has 0 aromatic carbocycles. The van der Waals surface area contributed by atoms with Crippen LogP contribution in [0.5, 0.6) is 0 Å². The molecule has 0 bridgehead atoms. The largest absolute Gasteiger partial charge is 0.300 e. The van der Waals surface area contributed by atoms with E-state index in [4.69, 9.17) is 0 Å². The number of halogens is 1. The molecule has 0 aliphatic heterocycles. The van der Waals surface area contributed by atoms with Gasteiger partial charge in [-0.15, -0.1) is 0 Å². The van der Waals surface area contributed by atoms with Gasteiger partial charge in [0, 0.05) is 48.3 Å². The third-order valence-corrected chi connectivity index (χ3v) is 4.39. The maximum atomic E-state index is 11.1. The Morgan fingerprint density at radius 1 is 1.50 bits per heavy atom. The zero-order valence-electron chi connectivity index (χ0n) is 10.3. The highest BCUT2D eigenvalue weighted by Gasteiger charge is 2.49. The molecule has 0 spiro atoms. The molecule has 1 unspecified atom stereocenters. The number of carbonyl (C=O) groups is 1. The average molecular weight is 307 g/mol. The second-order valence-corrected chi connectivity index (χ2v) is 6.14. The number of carbonyl (C=O) groups excluding carboxylic acids is 1. The molecule has 0 amide bonds. The SMILES string of the molecule is C/N=C\c1cc(Br)cnc1C1C[C@@H]1C1CC(=O)C1. The van der Waals surface area contributed by atoms with Gasteiger partial charge in [-0.25, -0.2) is 0 Å². The van der Waals surface area contributed by atoms with Crippen LogP contribution in [0.15, 0.2) is 21.7 Å². The van der Waals surface area contributed by atoms with Crippen LogP contribution < -0.4 is 0 Å². The molecular weight excluding hydrogens is 292 g/mol. The van der Waals surface area contributed by atoms with Gasteiger partial charge >= 0.3 is 0 Å². The summed E-state index contributed by atoms with van der Waals surface area (Å²) in [6.45, 7) is 0. The fourth-order valence-corrected chi connectivity index (χ4v) is 3.24. The minimum Gasteiger partial charge on any atom is -0.300 e. The molecule has 3 nitrogen and oxygen atoms in total. The number of Topliss-reactive ketones (excluding diaryl/α,β-unsaturated/α-hetero) is 1. The Labute approximate surface area is 115 Å². The third-order valence-electron chi connectivity index (χ3n) is 3.96. The van der Waals surface area contributed by atoms with Gasteiger partial charge in [0.1, 0.15) is 5.78 Å². The van der Waals surface area contributed by atoms with E-state index in [1.807, 2.05) is 12.4 Å². The van der Waals surface area contributed by atoms with Crippen molar-refractivity contribution in [2.45, 2.75) is 25.2 Å². The zero-order valence-corrected chi connectivity index (χ0v) is 11.9. The van der Waals surface area contributed by atoms with Gasteiger partial charge in [0.25, 0.3) is 0 Å². The van der Waals surface area contributed by atoms with Crippen LogP contribution in [-0.2, 0) is 4.79 Å². The van der Waals surface area contributed by atoms with E-state index in [0.717, 1.165) is 28.6 Å². The highest BCUT2D eigenvalue weighted by atomic mass is 79.9. The van der Waals surface area contributed by atoms with Gasteiger partial charge in [-0.3, -0.25) is 14.8 Å². The predicted octanol–water partition coefficient (Wildman–Crippen LogP) is 2.98. The first-order chi connectivity index (χ1) is 8.69. The Hall–Kier alpha value is -1.03. The number of rotatable bonds is 3. The van der Waals surface area contributed by atoms with E-state index in [-0.39, 0.29) is 0 Å². The molecule has 1 heterocycles. The zero-order chi connectivity index (χ0) is 12.7. The van der Waals surface area contributed by atoms with Crippen LogP contribution in [-0.4, -0.2) is 24.0 Å². The average Bonchev–Trinajstić information content (AvgIpc) is 3.05. The second-order valence-electron chi connectivity index (χ2n) is 5.23. The topological polar surface area (TPSA) is 42.3 Å². The van der Waals surface area contributed by atoms with Gasteiger partial charge in [-0.2, -0.15) is 0 Å². The molecule has 2 saturated carbocycles. The van der Waals surface area contributed by atoms with Gasteiger partial charge in [0.05, 0.1) is 5.69 Å². The fourth-order valence-electron chi connectivity index (χ4n) is 2.90. The molecule has 0 saturated heterocycles. The number of hydrogen-bond acceptors (Lipinski definition) is 3. The summed E-state index contributed by atoms with van der Waals surface area (Å²) in [6.07, 6.45) is 6.47. The molecule has 2 aliphatic carbocycles. The molecule has 2 fully saturated rings. The number of pyridine rings is 1. The summed E-state index contributed by atoms with van der Waals surface area (Å²) in [4.78, 5) is 19.7. The highest BCUT2D eigenvalue weighted by Crippen LogP contribution is 2.56. The van der Waals surface area contributed by atoms with Crippen LogP contribution in [0, 0.1) is 11.8 Å². The van der Waals surface area contributed by atoms with E-state index in [9.17, 15) is 4.79 Å². The standard InChI is InChI=1S/C14H15BrN2O/c1-16-6-9-2-10(15)7-17-14(9)13-5-12(13)8-3-11(18)4-8/h2,6-8,12-13H,3-5H2,1H3/b16-6-/t12-,13?/m1/s1. The van der Waals surface area contributed by atoms with E-state index < -0.39 is 0 Å². The molecule has 1 aromatic heterocycles. The maximum absolute atomic E-state index is 11.1. The fraction of sp³-hybridized carbons (Fsp3) is 0.500. The number of nitrogens with zero attached hydrogens (tertiary/aromatic N) is 2. The number of aromatic nitrogens is 1. The molecule has 1 aromatic rings. The molecule has 18 heavy (non-hydrogen) atoms. The first-order valence-electron chi connectivity index (χ1n) is 6.28. The third kappa shape index (κ3) is 2.14. The summed E-state index contributed by atoms with van der Waals surface area (Å²) in [6, 6.07) is 2.07. The Morgan fingerprint density at radius 2 is 2.28 bits per heavy atom. The summed E-state index contributed by atoms with van der Waals surface area (Å²) in [5.74, 6) is 2.23. The van der Waals surface area contributed by atoms with Crippen LogP contribution in [0.2, 0.25) is 0 Å². The van der Waals surface area contributed by atoms with Crippen LogP contribution in [0.4, 0.5) is 0 Å². The molecule has 2 atom stereocenters. The van der Waals surface area contributed by atoms with E-state index in [0.29, 0.717) is 23.5 Å². The second kappa shape index (κ2) is 4.57. The minimum atomic E-state index is 0.421. The monoisotopic (exact) mass is 306 g/mol. The van der Waals surface area contributed by atoms with Gasteiger partial charge in [-0.05, 0) is 40.3 Å². The summed E-state index contributed by atoms with van der Waals surface area (Å²) in [7, 11) is 1.78. The first kappa shape index (κ1) is 12.0. The van der Waals surface area contributed by atoms with Crippen molar-refractivity contribution in [2.24, 2.45) is 16.8 Å². The normalized spacial score (nSPS) is 27.6. The Morgan fingerprint density at radius 3 is 2.94 bits per heavy atom. The summed E-state index contributed by atoms with van der Waals surface area (Å²) < 4.78 is 0.983. The maximum Gasteiger partial charge on any atom is 0.133 e. The van der Waals surface area contributed by atoms with Crippen molar-refractivity contribution in [3.05, 3.63) is 28.0 Å². The lowest BCUT2D eigenvalue weighted by molar-refractivity contribution is -0.127. The molecule has 0 N–H and O–H groups in total. The summed E-state index contributed by atoms with van der Waals surface area (Å²) >= 11 is 3.44. The Balaban J connectivity index is 1.79. The van der Waals surface area contributed by atoms with Crippen LogP contribution in [0.25, 0.3) is 0 Å². The van der Waals surface area contributed by atoms with Gasteiger partial charge in [0.2, 0.25) is 0 Å². The van der Waals surface area contributed by atoms with Gasteiger partial charge in [0.15, 0.2) is 0 Å². The van der Waals surface area contributed by atoms with Crippen molar-refractivity contribution in [1.82, 2.24) is 4.98 Å². The minimum absolute atomic E-state index is 0.421. The molecule has 0 radical (unpaired) electrons. The van der Waals surface area contributed by atoms with Crippen molar-refractivity contribution in [2.75, 3.05) is 7.05 Å². The van der Waals surface area contributed by atoms with E-state index in [1.54, 1.807) is 7.05 Å². The number of aliphatic imine (C=N–C) groups is 1. The number of hydrogen-bond donors (Lipinski definition) is 0. The number of ketones is 1. The van der Waals surface area contributed by atoms with E-state index >= 15 is 0 Å². The smallest absolute Gasteiger partial charge is 0.133 e. The van der Waals surface area contributed by atoms with E-state index in [2.05, 4.69) is 32.0 Å². The molecule has 2 aliphatic rings. The Kier molecular flexibility index (Phi) is 3.06. The van der Waals surface area contributed by atoms with Crippen LogP contribution in [0.1, 0.15) is 36.4 Å². The van der Waals surface area contributed by atoms with Crippen molar-refractivity contribution in [3.63, 3.8) is 0 Å². The van der Waals surface area contributed by atoms with Gasteiger partial charge in [-0.1, -0.05) is 0 Å². The lowest BCUT2D eigenvalue weighted by atomic mass is 9.79. The molecular formula is C14H15BrN2O. The van der Waals surface area contributed by atoms with Crippen molar-refractivity contribution in [3.8, 4) is 0 Å². The quantitative estimate of drug-likeness (QED) is 0.806. The van der Waals surface area contributed by atoms with Crippen LogP contribution in [0.3, 0.4) is 0 Å². The molecule has 94 valence electrons. The highest BCUT2D eigenvalue weighted by molar-refractivity contribution is 9.10. The molecule has 4 heteroatoms. The van der Waals surface area contributed by atoms with E-state index in [1.165, 1.54) is 6.42 Å². The van der Waals surface area contributed by atoms with Crippen molar-refractivity contribution in [1.29, 1.82) is 0 Å². The lowest BCUT2D eigenvalue weighted by Crippen LogP contribution is -2.25. The Bertz CT molecular complexity index is 519. The van der Waals surface area contributed by atoms with Crippen molar-refractivity contribution >= 4 is 27.9 Å². The van der Waals surface area contributed by atoms with Crippen molar-refractivity contribution < 1.29 is 4.79 Å². The molecule has 3 rings (SSSR count). The predicted molar refractivity (Wildman–Crippen MR) is 74.0 cm³/mol.